The van der Waals surface area contributed by atoms with Gasteiger partial charge in [-0.2, -0.15) is 0 Å². The number of amides is 3. The average Bonchev–Trinajstić information content (AvgIpc) is 3.13. The molecular weight excluding hydrogens is 488 g/mol. The third-order valence-electron chi connectivity index (χ3n) is 5.59. The number of ether oxygens (including phenoxy) is 2. The summed E-state index contributed by atoms with van der Waals surface area (Å²) < 4.78 is 11.4. The number of benzene rings is 1. The van der Waals surface area contributed by atoms with E-state index in [2.05, 4.69) is 4.98 Å². The molecule has 3 heterocycles. The van der Waals surface area contributed by atoms with Gasteiger partial charge in [-0.05, 0) is 61.7 Å². The van der Waals surface area contributed by atoms with Gasteiger partial charge in [0.1, 0.15) is 12.7 Å². The molecule has 4 rings (SSSR count). The number of thioether (sulfide) groups is 1. The second-order valence-corrected chi connectivity index (χ2v) is 9.06. The van der Waals surface area contributed by atoms with Crippen LogP contribution in [0, 0.1) is 10.1 Å². The van der Waals surface area contributed by atoms with Crippen molar-refractivity contribution in [3.05, 3.63) is 57.1 Å². The largest absolute Gasteiger partial charge is 0.490 e. The normalized spacial score (nSPS) is 17.0. The lowest BCUT2D eigenvalue weighted by Crippen LogP contribution is -2.44. The molecule has 0 bridgehead atoms. The quantitative estimate of drug-likeness (QED) is 0.289. The van der Waals surface area contributed by atoms with Crippen molar-refractivity contribution in [3.8, 4) is 17.4 Å². The first-order valence-corrected chi connectivity index (χ1v) is 12.3. The van der Waals surface area contributed by atoms with Crippen LogP contribution in [0.1, 0.15) is 31.7 Å². The number of hydrogen-bond donors (Lipinski definition) is 0. The summed E-state index contributed by atoms with van der Waals surface area (Å²) in [6.07, 6.45) is 5.58. The Bertz CT molecular complexity index is 1210. The molecule has 0 atom stereocenters. The maximum absolute atomic E-state index is 12.9. The summed E-state index contributed by atoms with van der Waals surface area (Å²) in [6.45, 7) is 3.17. The molecular formula is C24H24N4O7S. The van der Waals surface area contributed by atoms with Crippen molar-refractivity contribution in [2.24, 2.45) is 0 Å². The lowest BCUT2D eigenvalue weighted by Gasteiger charge is -2.27. The molecule has 1 aromatic carbocycles. The van der Waals surface area contributed by atoms with Gasteiger partial charge in [0.25, 0.3) is 16.8 Å². The van der Waals surface area contributed by atoms with Crippen molar-refractivity contribution in [1.29, 1.82) is 0 Å². The first-order chi connectivity index (χ1) is 17.4. The number of aromatic nitrogens is 1. The fourth-order valence-corrected chi connectivity index (χ4v) is 4.63. The van der Waals surface area contributed by atoms with E-state index >= 15 is 0 Å². The van der Waals surface area contributed by atoms with Crippen LogP contribution >= 0.6 is 11.8 Å². The molecule has 3 amide bonds. The zero-order valence-corrected chi connectivity index (χ0v) is 20.4. The summed E-state index contributed by atoms with van der Waals surface area (Å²) in [5.41, 5.74) is 0.435. The van der Waals surface area contributed by atoms with Crippen molar-refractivity contribution in [2.45, 2.75) is 26.2 Å². The zero-order chi connectivity index (χ0) is 25.7. The molecule has 0 aliphatic carbocycles. The van der Waals surface area contributed by atoms with Gasteiger partial charge in [0.15, 0.2) is 11.5 Å². The second kappa shape index (κ2) is 11.2. The number of imide groups is 1. The standard InChI is InChI=1S/C24H24N4O7S/c1-2-34-19-12-16(6-8-18(19)35-21-9-7-17(14-25-21)28(32)33)13-20-23(30)27(24(31)36-20)15-22(29)26-10-4-3-5-11-26/h6-9,12-14H,2-5,10-11,15H2,1H3/b20-13-. The first kappa shape index (κ1) is 25.2. The molecule has 36 heavy (non-hydrogen) atoms. The van der Waals surface area contributed by atoms with E-state index in [1.165, 1.54) is 12.1 Å². The van der Waals surface area contributed by atoms with Gasteiger partial charge in [0, 0.05) is 25.2 Å². The van der Waals surface area contributed by atoms with Gasteiger partial charge in [-0.3, -0.25) is 29.4 Å². The molecule has 188 valence electrons. The van der Waals surface area contributed by atoms with E-state index < -0.39 is 16.1 Å². The van der Waals surface area contributed by atoms with Crippen LogP contribution in [0.5, 0.6) is 17.4 Å². The Morgan fingerprint density at radius 1 is 1.17 bits per heavy atom. The minimum absolute atomic E-state index is 0.147. The summed E-state index contributed by atoms with van der Waals surface area (Å²) in [6, 6.07) is 7.60. The highest BCUT2D eigenvalue weighted by Crippen LogP contribution is 2.36. The number of likely N-dealkylation sites (tertiary alicyclic amines) is 1. The van der Waals surface area contributed by atoms with Crippen molar-refractivity contribution in [3.63, 3.8) is 0 Å². The lowest BCUT2D eigenvalue weighted by atomic mass is 10.1. The second-order valence-electron chi connectivity index (χ2n) is 8.06. The molecule has 11 nitrogen and oxygen atoms in total. The van der Waals surface area contributed by atoms with Gasteiger partial charge in [-0.1, -0.05) is 6.07 Å². The van der Waals surface area contributed by atoms with Gasteiger partial charge in [-0.25, -0.2) is 4.98 Å². The van der Waals surface area contributed by atoms with Crippen LogP contribution in [0.2, 0.25) is 0 Å². The van der Waals surface area contributed by atoms with E-state index in [9.17, 15) is 24.5 Å². The highest BCUT2D eigenvalue weighted by molar-refractivity contribution is 8.18. The summed E-state index contributed by atoms with van der Waals surface area (Å²) in [4.78, 5) is 54.9. The predicted octanol–water partition coefficient (Wildman–Crippen LogP) is 4.23. The molecule has 0 spiro atoms. The number of piperidine rings is 1. The minimum atomic E-state index is -0.553. The van der Waals surface area contributed by atoms with E-state index in [1.54, 1.807) is 36.1 Å². The van der Waals surface area contributed by atoms with E-state index in [-0.39, 0.29) is 28.9 Å². The van der Waals surface area contributed by atoms with Gasteiger partial charge >= 0.3 is 0 Å². The number of rotatable bonds is 8. The van der Waals surface area contributed by atoms with Gasteiger partial charge in [-0.15, -0.1) is 0 Å². The minimum Gasteiger partial charge on any atom is -0.490 e. The van der Waals surface area contributed by atoms with Crippen LogP contribution in [-0.2, 0) is 9.59 Å². The molecule has 2 aromatic rings. The zero-order valence-electron chi connectivity index (χ0n) is 19.5. The topological polar surface area (TPSA) is 132 Å². The number of nitrogens with zero attached hydrogens (tertiary/aromatic N) is 4. The Morgan fingerprint density at radius 3 is 2.61 bits per heavy atom. The Balaban J connectivity index is 1.49. The number of nitro groups is 1. The summed E-state index contributed by atoms with van der Waals surface area (Å²) in [5, 5.41) is 10.3. The van der Waals surface area contributed by atoms with Crippen molar-refractivity contribution < 1.29 is 28.8 Å². The molecule has 2 aliphatic heterocycles. The van der Waals surface area contributed by atoms with Crippen LogP contribution in [0.3, 0.4) is 0 Å². The van der Waals surface area contributed by atoms with Gasteiger partial charge < -0.3 is 14.4 Å². The van der Waals surface area contributed by atoms with Crippen LogP contribution in [0.4, 0.5) is 10.5 Å². The molecule has 2 saturated heterocycles. The Hall–Kier alpha value is -3.93. The van der Waals surface area contributed by atoms with Crippen LogP contribution in [-0.4, -0.2) is 63.0 Å². The average molecular weight is 513 g/mol. The maximum Gasteiger partial charge on any atom is 0.294 e. The van der Waals surface area contributed by atoms with Crippen LogP contribution in [0.25, 0.3) is 6.08 Å². The summed E-state index contributed by atoms with van der Waals surface area (Å²) >= 11 is 0.786. The lowest BCUT2D eigenvalue weighted by molar-refractivity contribution is -0.385. The molecule has 2 fully saturated rings. The third-order valence-corrected chi connectivity index (χ3v) is 6.49. The monoisotopic (exact) mass is 512 g/mol. The highest BCUT2D eigenvalue weighted by atomic mass is 32.2. The number of carbonyl (C=O) groups excluding carboxylic acids is 3. The van der Waals surface area contributed by atoms with Crippen LogP contribution in [0.15, 0.2) is 41.4 Å². The fraction of sp³-hybridized carbons (Fsp3) is 0.333. The number of pyridine rings is 1. The molecule has 0 unspecified atom stereocenters. The SMILES string of the molecule is CCOc1cc(/C=C2\SC(=O)N(CC(=O)N3CCCCC3)C2=O)ccc1Oc1ccc([N+](=O)[O-])cn1. The first-order valence-electron chi connectivity index (χ1n) is 11.4. The van der Waals surface area contributed by atoms with Crippen molar-refractivity contribution in [2.75, 3.05) is 26.2 Å². The highest BCUT2D eigenvalue weighted by Gasteiger charge is 2.37. The third kappa shape index (κ3) is 5.82. The molecule has 0 saturated carbocycles. The molecule has 0 radical (unpaired) electrons. The Kier molecular flexibility index (Phi) is 7.84. The molecule has 12 heteroatoms. The summed E-state index contributed by atoms with van der Waals surface area (Å²) in [5.74, 6) is 0.109. The van der Waals surface area contributed by atoms with Crippen LogP contribution < -0.4 is 9.47 Å². The number of carbonyl (C=O) groups is 3. The Morgan fingerprint density at radius 2 is 1.94 bits per heavy atom. The van der Waals surface area contributed by atoms with E-state index in [0.717, 1.165) is 42.1 Å². The van der Waals surface area contributed by atoms with E-state index in [1.807, 2.05) is 0 Å². The Labute approximate surface area is 211 Å². The molecule has 0 N–H and O–H groups in total. The smallest absolute Gasteiger partial charge is 0.294 e. The number of hydrogen-bond acceptors (Lipinski definition) is 9. The fourth-order valence-electron chi connectivity index (χ4n) is 3.79. The van der Waals surface area contributed by atoms with E-state index in [4.69, 9.17) is 9.47 Å². The van der Waals surface area contributed by atoms with E-state index in [0.29, 0.717) is 36.8 Å². The van der Waals surface area contributed by atoms with Crippen molar-refractivity contribution >= 4 is 40.6 Å². The molecule has 1 aromatic heterocycles. The maximum atomic E-state index is 12.9. The van der Waals surface area contributed by atoms with Gasteiger partial charge in [0.05, 0.1) is 16.4 Å². The molecule has 2 aliphatic rings. The predicted molar refractivity (Wildman–Crippen MR) is 132 cm³/mol. The van der Waals surface area contributed by atoms with Gasteiger partial charge in [0.2, 0.25) is 11.8 Å². The summed E-state index contributed by atoms with van der Waals surface area (Å²) in [7, 11) is 0. The van der Waals surface area contributed by atoms with Crippen molar-refractivity contribution in [1.82, 2.24) is 14.8 Å².